The number of nitrogens with zero attached hydrogens (tertiary/aromatic N) is 4. The highest BCUT2D eigenvalue weighted by Gasteiger charge is 2.17. The average Bonchev–Trinajstić information content (AvgIpc) is 3.32. The molecule has 4 rings (SSSR count). The van der Waals surface area contributed by atoms with Crippen LogP contribution in [0.2, 0.25) is 0 Å². The number of carbonyl (C=O) groups is 1. The number of nitrogens with one attached hydrogen (secondary N) is 1. The Morgan fingerprint density at radius 1 is 1.06 bits per heavy atom. The van der Waals surface area contributed by atoms with Gasteiger partial charge >= 0.3 is 6.61 Å². The van der Waals surface area contributed by atoms with Crippen molar-refractivity contribution in [1.29, 1.82) is 0 Å². The van der Waals surface area contributed by atoms with Crippen LogP contribution in [-0.4, -0.2) is 32.7 Å². The van der Waals surface area contributed by atoms with Gasteiger partial charge in [0.2, 0.25) is 0 Å². The van der Waals surface area contributed by atoms with Crippen LogP contribution in [0.1, 0.15) is 34.7 Å². The zero-order valence-electron chi connectivity index (χ0n) is 18.1. The van der Waals surface area contributed by atoms with Gasteiger partial charge in [0.05, 0.1) is 23.0 Å². The van der Waals surface area contributed by atoms with Gasteiger partial charge in [-0.15, -0.1) is 16.9 Å². The van der Waals surface area contributed by atoms with Gasteiger partial charge < -0.3 is 10.1 Å². The molecule has 7 nitrogen and oxygen atoms in total. The lowest BCUT2D eigenvalue weighted by Crippen LogP contribution is -2.27. The molecule has 3 aromatic carbocycles. The lowest BCUT2D eigenvalue weighted by Gasteiger charge is -2.17. The number of alkyl halides is 2. The third-order valence-corrected chi connectivity index (χ3v) is 6.02. The molecule has 0 aliphatic carbocycles. The van der Waals surface area contributed by atoms with E-state index in [1.165, 1.54) is 23.9 Å². The first-order valence-corrected chi connectivity index (χ1v) is 11.4. The zero-order valence-corrected chi connectivity index (χ0v) is 19.0. The van der Waals surface area contributed by atoms with Crippen LogP contribution in [0, 0.1) is 0 Å². The number of para-hydroxylation sites is 1. The molecule has 10 heteroatoms. The fourth-order valence-electron chi connectivity index (χ4n) is 3.31. The second kappa shape index (κ2) is 10.9. The molecule has 0 bridgehead atoms. The van der Waals surface area contributed by atoms with Crippen LogP contribution >= 0.6 is 11.8 Å². The molecule has 0 aliphatic heterocycles. The Balaban J connectivity index is 1.46. The first-order valence-electron chi connectivity index (χ1n) is 10.4. The van der Waals surface area contributed by atoms with Gasteiger partial charge in [0.15, 0.2) is 5.82 Å². The summed E-state index contributed by atoms with van der Waals surface area (Å²) in [7, 11) is 0. The van der Waals surface area contributed by atoms with E-state index in [0.29, 0.717) is 22.7 Å². The predicted molar refractivity (Wildman–Crippen MR) is 124 cm³/mol. The normalized spacial score (nSPS) is 11.9. The third-order valence-electron chi connectivity index (χ3n) is 4.95. The fraction of sp³-hybridized carbons (Fsp3) is 0.167. The molecule has 34 heavy (non-hydrogen) atoms. The Labute approximate surface area is 199 Å². The predicted octanol–water partition coefficient (Wildman–Crippen LogP) is 5.05. The standard InChI is InChI=1S/C24H21F2N5O2S/c1-16(17-8-7-11-19(14-17)33-24(25)26)27-23(32)20-12-5-6-13-21(20)34-15-22-28-29-30-31(22)18-9-3-2-4-10-18/h2-14,16,24H,15H2,1H3,(H,27,32). The highest BCUT2D eigenvalue weighted by Crippen LogP contribution is 2.27. The number of halogens is 2. The van der Waals surface area contributed by atoms with E-state index in [2.05, 4.69) is 25.6 Å². The number of thioether (sulfide) groups is 1. The van der Waals surface area contributed by atoms with Gasteiger partial charge in [-0.3, -0.25) is 4.79 Å². The van der Waals surface area contributed by atoms with E-state index in [-0.39, 0.29) is 11.7 Å². The fourth-order valence-corrected chi connectivity index (χ4v) is 4.26. The van der Waals surface area contributed by atoms with E-state index >= 15 is 0 Å². The van der Waals surface area contributed by atoms with E-state index in [1.807, 2.05) is 42.5 Å². The first kappa shape index (κ1) is 23.4. The van der Waals surface area contributed by atoms with Crippen molar-refractivity contribution >= 4 is 17.7 Å². The van der Waals surface area contributed by atoms with Crippen LogP contribution in [0.15, 0.2) is 83.8 Å². The van der Waals surface area contributed by atoms with Crippen molar-refractivity contribution in [3.63, 3.8) is 0 Å². The molecular weight excluding hydrogens is 460 g/mol. The zero-order chi connectivity index (χ0) is 23.9. The van der Waals surface area contributed by atoms with Gasteiger partial charge in [-0.2, -0.15) is 13.5 Å². The van der Waals surface area contributed by atoms with E-state index < -0.39 is 12.7 Å². The molecule has 1 N–H and O–H groups in total. The summed E-state index contributed by atoms with van der Waals surface area (Å²) in [6.07, 6.45) is 0. The second-order valence-corrected chi connectivity index (χ2v) is 8.29. The lowest BCUT2D eigenvalue weighted by atomic mass is 10.1. The van der Waals surface area contributed by atoms with Crippen molar-refractivity contribution in [2.45, 2.75) is 30.2 Å². The summed E-state index contributed by atoms with van der Waals surface area (Å²) in [5, 5.41) is 14.9. The molecule has 1 atom stereocenters. The molecule has 0 saturated heterocycles. The summed E-state index contributed by atoms with van der Waals surface area (Å²) in [6.45, 7) is -1.13. The average molecular weight is 482 g/mol. The maximum atomic E-state index is 13.0. The quantitative estimate of drug-likeness (QED) is 0.337. The van der Waals surface area contributed by atoms with Crippen LogP contribution in [0.4, 0.5) is 8.78 Å². The summed E-state index contributed by atoms with van der Waals surface area (Å²) in [6, 6.07) is 22.7. The van der Waals surface area contributed by atoms with Crippen molar-refractivity contribution < 1.29 is 18.3 Å². The SMILES string of the molecule is CC(NC(=O)c1ccccc1SCc1nnnn1-c1ccccc1)c1cccc(OC(F)F)c1. The minimum atomic E-state index is -2.91. The highest BCUT2D eigenvalue weighted by molar-refractivity contribution is 7.98. The molecule has 0 saturated carbocycles. The number of amides is 1. The second-order valence-electron chi connectivity index (χ2n) is 7.27. The third kappa shape index (κ3) is 5.76. The molecule has 1 heterocycles. The number of aromatic nitrogens is 4. The Morgan fingerprint density at radius 2 is 1.82 bits per heavy atom. The molecule has 0 fully saturated rings. The van der Waals surface area contributed by atoms with Gasteiger partial charge in [-0.25, -0.2) is 0 Å². The van der Waals surface area contributed by atoms with E-state index in [4.69, 9.17) is 0 Å². The number of benzene rings is 3. The number of hydrogen-bond donors (Lipinski definition) is 1. The largest absolute Gasteiger partial charge is 0.435 e. The van der Waals surface area contributed by atoms with Crippen molar-refractivity contribution in [3.8, 4) is 11.4 Å². The number of hydrogen-bond acceptors (Lipinski definition) is 6. The molecule has 1 unspecified atom stereocenters. The molecule has 174 valence electrons. The Kier molecular flexibility index (Phi) is 7.48. The van der Waals surface area contributed by atoms with Crippen molar-refractivity contribution in [3.05, 3.63) is 95.8 Å². The molecule has 1 amide bonds. The lowest BCUT2D eigenvalue weighted by molar-refractivity contribution is -0.0499. The van der Waals surface area contributed by atoms with E-state index in [9.17, 15) is 13.6 Å². The summed E-state index contributed by atoms with van der Waals surface area (Å²) in [5.41, 5.74) is 2.00. The van der Waals surface area contributed by atoms with Crippen LogP contribution < -0.4 is 10.1 Å². The number of tetrazole rings is 1. The smallest absolute Gasteiger partial charge is 0.387 e. The van der Waals surface area contributed by atoms with Crippen molar-refractivity contribution in [1.82, 2.24) is 25.5 Å². The number of ether oxygens (including phenoxy) is 1. The highest BCUT2D eigenvalue weighted by atomic mass is 32.2. The Bertz CT molecular complexity index is 1250. The first-order chi connectivity index (χ1) is 16.5. The Hall–Kier alpha value is -3.79. The van der Waals surface area contributed by atoms with Crippen LogP contribution in [-0.2, 0) is 5.75 Å². The van der Waals surface area contributed by atoms with Gasteiger partial charge in [0, 0.05) is 4.90 Å². The molecular formula is C24H21F2N5O2S. The summed E-state index contributed by atoms with van der Waals surface area (Å²) < 4.78 is 31.1. The molecule has 1 aromatic heterocycles. The minimum absolute atomic E-state index is 0.0423. The monoisotopic (exact) mass is 481 g/mol. The minimum Gasteiger partial charge on any atom is -0.435 e. The summed E-state index contributed by atoms with van der Waals surface area (Å²) >= 11 is 1.45. The van der Waals surface area contributed by atoms with Gasteiger partial charge in [0.25, 0.3) is 5.91 Å². The number of rotatable bonds is 9. The van der Waals surface area contributed by atoms with Crippen LogP contribution in [0.3, 0.4) is 0 Å². The van der Waals surface area contributed by atoms with E-state index in [0.717, 1.165) is 10.6 Å². The topological polar surface area (TPSA) is 81.9 Å². The van der Waals surface area contributed by atoms with Crippen LogP contribution in [0.5, 0.6) is 5.75 Å². The maximum absolute atomic E-state index is 13.0. The van der Waals surface area contributed by atoms with Crippen molar-refractivity contribution in [2.24, 2.45) is 0 Å². The summed E-state index contributed by atoms with van der Waals surface area (Å²) in [4.78, 5) is 13.8. The molecule has 0 aliphatic rings. The van der Waals surface area contributed by atoms with E-state index in [1.54, 1.807) is 35.9 Å². The summed E-state index contributed by atoms with van der Waals surface area (Å²) in [5.74, 6) is 0.865. The molecule has 4 aromatic rings. The Morgan fingerprint density at radius 3 is 2.62 bits per heavy atom. The maximum Gasteiger partial charge on any atom is 0.387 e. The molecule has 0 spiro atoms. The molecule has 0 radical (unpaired) electrons. The van der Waals surface area contributed by atoms with Gasteiger partial charge in [-0.1, -0.05) is 42.5 Å². The van der Waals surface area contributed by atoms with Gasteiger partial charge in [0.1, 0.15) is 5.75 Å². The van der Waals surface area contributed by atoms with Crippen molar-refractivity contribution in [2.75, 3.05) is 0 Å². The number of carbonyl (C=O) groups excluding carboxylic acids is 1. The van der Waals surface area contributed by atoms with Gasteiger partial charge in [-0.05, 0) is 59.3 Å². The van der Waals surface area contributed by atoms with Crippen LogP contribution in [0.25, 0.3) is 5.69 Å².